The zero-order chi connectivity index (χ0) is 17.9. The summed E-state index contributed by atoms with van der Waals surface area (Å²) in [6, 6.07) is 16.6. The van der Waals surface area contributed by atoms with Crippen LogP contribution >= 0.6 is 0 Å². The Kier molecular flexibility index (Phi) is 4.52. The standard InChI is InChI=1S/C21H23N3O2/c1-25-19-14-16-8-9-22-21(18(16)15-20(19)26-2)24-12-10-23(11-13-24)17-6-4-3-5-7-17/h3-9,14-15H,10-13H2,1-2H3. The van der Waals surface area contributed by atoms with Crippen molar-refractivity contribution in [1.29, 1.82) is 0 Å². The molecule has 0 spiro atoms. The number of fused-ring (bicyclic) bond motifs is 1. The van der Waals surface area contributed by atoms with Gasteiger partial charge in [0.05, 0.1) is 14.2 Å². The van der Waals surface area contributed by atoms with Crippen LogP contribution in [0.1, 0.15) is 0 Å². The second kappa shape index (κ2) is 7.12. The Morgan fingerprint density at radius 3 is 2.15 bits per heavy atom. The fraction of sp³-hybridized carbons (Fsp3) is 0.286. The van der Waals surface area contributed by atoms with Crippen LogP contribution in [-0.2, 0) is 0 Å². The summed E-state index contributed by atoms with van der Waals surface area (Å²) in [5.41, 5.74) is 1.28. The van der Waals surface area contributed by atoms with Crippen LogP contribution in [0, 0.1) is 0 Å². The van der Waals surface area contributed by atoms with Gasteiger partial charge in [0.15, 0.2) is 11.5 Å². The first-order valence-electron chi connectivity index (χ1n) is 8.86. The number of hydrogen-bond donors (Lipinski definition) is 0. The SMILES string of the molecule is COc1cc2ccnc(N3CCN(c4ccccc4)CC3)c2cc1OC. The molecule has 0 aliphatic carbocycles. The highest BCUT2D eigenvalue weighted by atomic mass is 16.5. The quantitative estimate of drug-likeness (QED) is 0.720. The maximum atomic E-state index is 5.48. The van der Waals surface area contributed by atoms with Gasteiger partial charge in [-0.25, -0.2) is 4.98 Å². The number of rotatable bonds is 4. The number of benzene rings is 2. The maximum Gasteiger partial charge on any atom is 0.161 e. The molecular formula is C21H23N3O2. The number of ether oxygens (including phenoxy) is 2. The van der Waals surface area contributed by atoms with E-state index in [1.165, 1.54) is 5.69 Å². The first-order chi connectivity index (χ1) is 12.8. The highest BCUT2D eigenvalue weighted by Crippen LogP contribution is 2.36. The van der Waals surface area contributed by atoms with E-state index in [1.807, 2.05) is 24.4 Å². The molecule has 1 saturated heterocycles. The summed E-state index contributed by atoms with van der Waals surface area (Å²) in [6.07, 6.45) is 1.87. The Labute approximate surface area is 153 Å². The van der Waals surface area contributed by atoms with Crippen molar-refractivity contribution in [2.75, 3.05) is 50.2 Å². The van der Waals surface area contributed by atoms with Gasteiger partial charge in [-0.2, -0.15) is 0 Å². The van der Waals surface area contributed by atoms with Crippen LogP contribution in [0.15, 0.2) is 54.7 Å². The minimum absolute atomic E-state index is 0.733. The third-order valence-corrected chi connectivity index (χ3v) is 4.95. The largest absolute Gasteiger partial charge is 0.493 e. The molecule has 1 aromatic heterocycles. The van der Waals surface area contributed by atoms with Gasteiger partial charge in [0.1, 0.15) is 5.82 Å². The monoisotopic (exact) mass is 349 g/mol. The minimum Gasteiger partial charge on any atom is -0.493 e. The van der Waals surface area contributed by atoms with Gasteiger partial charge >= 0.3 is 0 Å². The van der Waals surface area contributed by atoms with Gasteiger partial charge in [0, 0.05) is 43.4 Å². The average molecular weight is 349 g/mol. The number of para-hydroxylation sites is 1. The molecular weight excluding hydrogens is 326 g/mol. The zero-order valence-electron chi connectivity index (χ0n) is 15.2. The summed E-state index contributed by atoms with van der Waals surface area (Å²) in [4.78, 5) is 9.45. The first kappa shape index (κ1) is 16.5. The number of nitrogens with zero attached hydrogens (tertiary/aromatic N) is 3. The van der Waals surface area contributed by atoms with Crippen LogP contribution < -0.4 is 19.3 Å². The average Bonchev–Trinajstić information content (AvgIpc) is 2.73. The van der Waals surface area contributed by atoms with Crippen LogP contribution in [0.4, 0.5) is 11.5 Å². The molecule has 1 aliphatic rings. The fourth-order valence-corrected chi connectivity index (χ4v) is 3.55. The summed E-state index contributed by atoms with van der Waals surface area (Å²) < 4.78 is 10.9. The third-order valence-electron chi connectivity index (χ3n) is 4.95. The molecule has 2 heterocycles. The van der Waals surface area contributed by atoms with Crippen molar-refractivity contribution in [2.45, 2.75) is 0 Å². The lowest BCUT2D eigenvalue weighted by molar-refractivity contribution is 0.356. The molecule has 0 radical (unpaired) electrons. The summed E-state index contributed by atoms with van der Waals surface area (Å²) in [6.45, 7) is 3.84. The Hall–Kier alpha value is -2.95. The molecule has 26 heavy (non-hydrogen) atoms. The van der Waals surface area contributed by atoms with E-state index in [9.17, 15) is 0 Å². The molecule has 2 aromatic carbocycles. The van der Waals surface area contributed by atoms with E-state index >= 15 is 0 Å². The lowest BCUT2D eigenvalue weighted by atomic mass is 10.1. The first-order valence-corrected chi connectivity index (χ1v) is 8.86. The van der Waals surface area contributed by atoms with Crippen LogP contribution in [0.25, 0.3) is 10.8 Å². The number of pyridine rings is 1. The maximum absolute atomic E-state index is 5.48. The number of piperazine rings is 1. The highest BCUT2D eigenvalue weighted by molar-refractivity contribution is 5.94. The second-order valence-corrected chi connectivity index (χ2v) is 6.37. The van der Waals surface area contributed by atoms with Crippen molar-refractivity contribution >= 4 is 22.3 Å². The van der Waals surface area contributed by atoms with Crippen LogP contribution in [0.5, 0.6) is 11.5 Å². The number of aromatic nitrogens is 1. The molecule has 0 amide bonds. The fourth-order valence-electron chi connectivity index (χ4n) is 3.55. The van der Waals surface area contributed by atoms with E-state index in [0.29, 0.717) is 0 Å². The van der Waals surface area contributed by atoms with Gasteiger partial charge in [-0.3, -0.25) is 0 Å². The minimum atomic E-state index is 0.733. The van der Waals surface area contributed by atoms with E-state index < -0.39 is 0 Å². The molecule has 0 saturated carbocycles. The molecule has 1 aliphatic heterocycles. The summed E-state index contributed by atoms with van der Waals surface area (Å²) in [5.74, 6) is 2.49. The number of hydrogen-bond acceptors (Lipinski definition) is 5. The Bertz CT molecular complexity index is 890. The third kappa shape index (κ3) is 3.01. The van der Waals surface area contributed by atoms with E-state index in [0.717, 1.165) is 54.3 Å². The van der Waals surface area contributed by atoms with Crippen molar-refractivity contribution in [1.82, 2.24) is 4.98 Å². The Morgan fingerprint density at radius 2 is 1.46 bits per heavy atom. The van der Waals surface area contributed by atoms with Crippen LogP contribution in [0.3, 0.4) is 0 Å². The number of anilines is 2. The predicted molar refractivity (Wildman–Crippen MR) is 106 cm³/mol. The zero-order valence-corrected chi connectivity index (χ0v) is 15.2. The molecule has 3 aromatic rings. The van der Waals surface area contributed by atoms with Gasteiger partial charge in [-0.15, -0.1) is 0 Å². The van der Waals surface area contributed by atoms with E-state index in [2.05, 4.69) is 45.1 Å². The molecule has 5 nitrogen and oxygen atoms in total. The Morgan fingerprint density at radius 1 is 0.808 bits per heavy atom. The summed E-state index contributed by atoms with van der Waals surface area (Å²) in [7, 11) is 3.33. The lowest BCUT2D eigenvalue weighted by Gasteiger charge is -2.37. The van der Waals surface area contributed by atoms with E-state index in [1.54, 1.807) is 14.2 Å². The van der Waals surface area contributed by atoms with Gasteiger partial charge in [-0.05, 0) is 35.7 Å². The van der Waals surface area contributed by atoms with Crippen molar-refractivity contribution in [2.24, 2.45) is 0 Å². The normalized spacial score (nSPS) is 14.5. The smallest absolute Gasteiger partial charge is 0.161 e. The molecule has 0 unspecified atom stereocenters. The van der Waals surface area contributed by atoms with Crippen LogP contribution in [-0.4, -0.2) is 45.4 Å². The summed E-state index contributed by atoms with van der Waals surface area (Å²) in [5, 5.41) is 2.21. The summed E-state index contributed by atoms with van der Waals surface area (Å²) >= 11 is 0. The van der Waals surface area contributed by atoms with E-state index in [-0.39, 0.29) is 0 Å². The van der Waals surface area contributed by atoms with Crippen molar-refractivity contribution in [3.63, 3.8) is 0 Å². The molecule has 134 valence electrons. The van der Waals surface area contributed by atoms with Crippen molar-refractivity contribution < 1.29 is 9.47 Å². The van der Waals surface area contributed by atoms with Gasteiger partial charge in [0.2, 0.25) is 0 Å². The topological polar surface area (TPSA) is 37.8 Å². The van der Waals surface area contributed by atoms with Gasteiger partial charge in [-0.1, -0.05) is 18.2 Å². The van der Waals surface area contributed by atoms with Crippen LogP contribution in [0.2, 0.25) is 0 Å². The van der Waals surface area contributed by atoms with Crippen molar-refractivity contribution in [3.8, 4) is 11.5 Å². The highest BCUT2D eigenvalue weighted by Gasteiger charge is 2.20. The predicted octanol–water partition coefficient (Wildman–Crippen LogP) is 3.58. The van der Waals surface area contributed by atoms with Crippen molar-refractivity contribution in [3.05, 3.63) is 54.7 Å². The van der Waals surface area contributed by atoms with Gasteiger partial charge < -0.3 is 19.3 Å². The van der Waals surface area contributed by atoms with Gasteiger partial charge in [0.25, 0.3) is 0 Å². The number of methoxy groups -OCH3 is 2. The second-order valence-electron chi connectivity index (χ2n) is 6.37. The molecule has 0 atom stereocenters. The molecule has 0 N–H and O–H groups in total. The Balaban J connectivity index is 1.61. The molecule has 5 heteroatoms. The van der Waals surface area contributed by atoms with E-state index in [4.69, 9.17) is 9.47 Å². The molecule has 1 fully saturated rings. The molecule has 0 bridgehead atoms. The molecule has 4 rings (SSSR count). The lowest BCUT2D eigenvalue weighted by Crippen LogP contribution is -2.46.